The summed E-state index contributed by atoms with van der Waals surface area (Å²) in [4.78, 5) is 0. The van der Waals surface area contributed by atoms with Crippen LogP contribution in [0.15, 0.2) is 12.7 Å². The van der Waals surface area contributed by atoms with Gasteiger partial charge in [0.25, 0.3) is 0 Å². The maximum absolute atomic E-state index is 9.28. The fraction of sp³-hybridized carbons (Fsp3) is 0.750. The Bertz CT molecular complexity index is 106. The van der Waals surface area contributed by atoms with Crippen LogP contribution in [0.25, 0.3) is 0 Å². The molecule has 0 bridgehead atoms. The Morgan fingerprint density at radius 1 is 1.70 bits per heavy atom. The monoisotopic (exact) mass is 142 g/mol. The molecule has 1 aliphatic heterocycles. The molecular weight excluding hydrogens is 128 g/mol. The second-order valence-corrected chi connectivity index (χ2v) is 2.70. The van der Waals surface area contributed by atoms with Gasteiger partial charge in [0.05, 0.1) is 12.7 Å². The van der Waals surface area contributed by atoms with Crippen molar-refractivity contribution in [3.63, 3.8) is 0 Å². The van der Waals surface area contributed by atoms with Crippen molar-refractivity contribution in [2.75, 3.05) is 13.2 Å². The van der Waals surface area contributed by atoms with E-state index in [0.29, 0.717) is 6.61 Å². The van der Waals surface area contributed by atoms with Crippen LogP contribution >= 0.6 is 0 Å². The van der Waals surface area contributed by atoms with Crippen LogP contribution in [-0.2, 0) is 4.74 Å². The molecule has 1 fully saturated rings. The Morgan fingerprint density at radius 2 is 2.50 bits per heavy atom. The highest BCUT2D eigenvalue weighted by Crippen LogP contribution is 2.17. The number of hydrogen-bond donors (Lipinski definition) is 1. The number of ether oxygens (including phenoxy) is 1. The first kappa shape index (κ1) is 7.76. The number of aliphatic hydroxyl groups excluding tert-OH is 1. The van der Waals surface area contributed by atoms with E-state index in [-0.39, 0.29) is 12.0 Å². The van der Waals surface area contributed by atoms with Crippen molar-refractivity contribution in [1.82, 2.24) is 0 Å². The molecule has 0 aromatic carbocycles. The van der Waals surface area contributed by atoms with E-state index in [4.69, 9.17) is 4.74 Å². The molecule has 0 aromatic rings. The zero-order valence-electron chi connectivity index (χ0n) is 6.12. The van der Waals surface area contributed by atoms with E-state index >= 15 is 0 Å². The van der Waals surface area contributed by atoms with E-state index in [2.05, 4.69) is 6.58 Å². The van der Waals surface area contributed by atoms with Crippen LogP contribution in [0.3, 0.4) is 0 Å². The molecule has 2 heteroatoms. The zero-order valence-corrected chi connectivity index (χ0v) is 6.12. The maximum Gasteiger partial charge on any atom is 0.0768 e. The average molecular weight is 142 g/mol. The number of hydrogen-bond acceptors (Lipinski definition) is 2. The van der Waals surface area contributed by atoms with Crippen molar-refractivity contribution in [1.29, 1.82) is 0 Å². The smallest absolute Gasteiger partial charge is 0.0768 e. The summed E-state index contributed by atoms with van der Waals surface area (Å²) in [5, 5.41) is 9.28. The Kier molecular flexibility index (Phi) is 2.90. The van der Waals surface area contributed by atoms with Crippen LogP contribution in [0.2, 0.25) is 0 Å². The van der Waals surface area contributed by atoms with Gasteiger partial charge in [0.2, 0.25) is 0 Å². The molecule has 2 unspecified atom stereocenters. The van der Waals surface area contributed by atoms with Gasteiger partial charge in [0.15, 0.2) is 0 Å². The Hall–Kier alpha value is -0.340. The summed E-state index contributed by atoms with van der Waals surface area (Å²) in [5.41, 5.74) is 0. The van der Waals surface area contributed by atoms with Crippen molar-refractivity contribution in [3.05, 3.63) is 12.7 Å². The van der Waals surface area contributed by atoms with Crippen molar-refractivity contribution >= 4 is 0 Å². The van der Waals surface area contributed by atoms with Crippen LogP contribution < -0.4 is 0 Å². The fourth-order valence-electron chi connectivity index (χ4n) is 1.23. The molecular formula is C8H14O2. The van der Waals surface area contributed by atoms with E-state index in [1.807, 2.05) is 0 Å². The Labute approximate surface area is 61.5 Å². The first-order valence-corrected chi connectivity index (χ1v) is 3.73. The fourth-order valence-corrected chi connectivity index (χ4v) is 1.23. The van der Waals surface area contributed by atoms with Crippen LogP contribution in [0.1, 0.15) is 12.8 Å². The highest BCUT2D eigenvalue weighted by atomic mass is 16.5. The zero-order chi connectivity index (χ0) is 7.40. The normalized spacial score (nSPS) is 29.5. The number of aliphatic hydroxyl groups is 1. The molecule has 0 aliphatic carbocycles. The van der Waals surface area contributed by atoms with E-state index < -0.39 is 0 Å². The lowest BCUT2D eigenvalue weighted by atomic mass is 9.96. The summed E-state index contributed by atoms with van der Waals surface area (Å²) in [6.07, 6.45) is 3.34. The van der Waals surface area contributed by atoms with Gasteiger partial charge in [-0.2, -0.15) is 0 Å². The van der Waals surface area contributed by atoms with Gasteiger partial charge in [-0.25, -0.2) is 0 Å². The minimum atomic E-state index is -0.375. The Morgan fingerprint density at radius 3 is 3.00 bits per heavy atom. The van der Waals surface area contributed by atoms with Gasteiger partial charge >= 0.3 is 0 Å². The van der Waals surface area contributed by atoms with E-state index in [0.717, 1.165) is 19.4 Å². The van der Waals surface area contributed by atoms with Crippen LogP contribution in [-0.4, -0.2) is 24.4 Å². The Balaban J connectivity index is 2.30. The third-order valence-electron chi connectivity index (χ3n) is 1.92. The molecule has 0 radical (unpaired) electrons. The molecule has 2 nitrogen and oxygen atoms in total. The second kappa shape index (κ2) is 3.74. The predicted octanol–water partition coefficient (Wildman–Crippen LogP) is 0.960. The highest BCUT2D eigenvalue weighted by molar-refractivity contribution is 4.85. The van der Waals surface area contributed by atoms with Crippen LogP contribution in [0.5, 0.6) is 0 Å². The second-order valence-electron chi connectivity index (χ2n) is 2.70. The molecule has 0 amide bonds. The highest BCUT2D eigenvalue weighted by Gasteiger charge is 2.19. The summed E-state index contributed by atoms with van der Waals surface area (Å²) in [5.74, 6) is 0.284. The van der Waals surface area contributed by atoms with Gasteiger partial charge in [0.1, 0.15) is 0 Å². The van der Waals surface area contributed by atoms with Gasteiger partial charge in [0, 0.05) is 12.5 Å². The number of rotatable bonds is 2. The SMILES string of the molecule is C=CC(O)C1CCCOC1. The molecule has 10 heavy (non-hydrogen) atoms. The van der Waals surface area contributed by atoms with Crippen LogP contribution in [0.4, 0.5) is 0 Å². The van der Waals surface area contributed by atoms with Crippen molar-refractivity contribution in [2.45, 2.75) is 18.9 Å². The summed E-state index contributed by atoms with van der Waals surface area (Å²) >= 11 is 0. The molecule has 0 spiro atoms. The van der Waals surface area contributed by atoms with Crippen molar-refractivity contribution in [3.8, 4) is 0 Å². The first-order valence-electron chi connectivity index (χ1n) is 3.73. The lowest BCUT2D eigenvalue weighted by Gasteiger charge is -2.24. The molecule has 1 heterocycles. The van der Waals surface area contributed by atoms with Gasteiger partial charge < -0.3 is 9.84 Å². The third kappa shape index (κ3) is 1.82. The molecule has 1 aliphatic rings. The first-order chi connectivity index (χ1) is 4.84. The molecule has 58 valence electrons. The molecule has 1 N–H and O–H groups in total. The lowest BCUT2D eigenvalue weighted by Crippen LogP contribution is -2.27. The average Bonchev–Trinajstić information content (AvgIpc) is 2.05. The summed E-state index contributed by atoms with van der Waals surface area (Å²) < 4.78 is 5.20. The summed E-state index contributed by atoms with van der Waals surface area (Å²) in [6, 6.07) is 0. The van der Waals surface area contributed by atoms with Crippen molar-refractivity contribution < 1.29 is 9.84 Å². The van der Waals surface area contributed by atoms with Gasteiger partial charge in [-0.3, -0.25) is 0 Å². The molecule has 1 saturated heterocycles. The molecule has 2 atom stereocenters. The topological polar surface area (TPSA) is 29.5 Å². The predicted molar refractivity (Wildman–Crippen MR) is 39.7 cm³/mol. The van der Waals surface area contributed by atoms with Gasteiger partial charge in [-0.1, -0.05) is 6.08 Å². The van der Waals surface area contributed by atoms with E-state index in [9.17, 15) is 5.11 Å². The van der Waals surface area contributed by atoms with E-state index in [1.165, 1.54) is 0 Å². The molecule has 0 aromatic heterocycles. The van der Waals surface area contributed by atoms with E-state index in [1.54, 1.807) is 6.08 Å². The van der Waals surface area contributed by atoms with Crippen molar-refractivity contribution in [2.24, 2.45) is 5.92 Å². The van der Waals surface area contributed by atoms with Gasteiger partial charge in [-0.05, 0) is 12.8 Å². The van der Waals surface area contributed by atoms with Gasteiger partial charge in [-0.15, -0.1) is 6.58 Å². The summed E-state index contributed by atoms with van der Waals surface area (Å²) in [7, 11) is 0. The quantitative estimate of drug-likeness (QED) is 0.582. The minimum Gasteiger partial charge on any atom is -0.389 e. The minimum absolute atomic E-state index is 0.284. The third-order valence-corrected chi connectivity index (χ3v) is 1.92. The molecule has 1 rings (SSSR count). The standard InChI is InChI=1S/C8H14O2/c1-2-8(9)7-4-3-5-10-6-7/h2,7-9H,1,3-6H2. The lowest BCUT2D eigenvalue weighted by molar-refractivity contribution is 0.00808. The molecule has 0 saturated carbocycles. The van der Waals surface area contributed by atoms with Crippen LogP contribution in [0, 0.1) is 5.92 Å². The maximum atomic E-state index is 9.28. The summed E-state index contributed by atoms with van der Waals surface area (Å²) in [6.45, 7) is 5.07. The largest absolute Gasteiger partial charge is 0.389 e.